The van der Waals surface area contributed by atoms with Crippen molar-refractivity contribution in [2.24, 2.45) is 5.73 Å². The largest absolute Gasteiger partial charge is 0.478 e. The van der Waals surface area contributed by atoms with E-state index in [1.54, 1.807) is 0 Å². The minimum atomic E-state index is -0.0687. The number of nitrogens with one attached hydrogen (secondary N) is 1. The van der Waals surface area contributed by atoms with Gasteiger partial charge in [-0.3, -0.25) is 0 Å². The van der Waals surface area contributed by atoms with Crippen LogP contribution in [0.4, 0.5) is 0 Å². The van der Waals surface area contributed by atoms with Crippen molar-refractivity contribution in [1.29, 1.82) is 0 Å². The Morgan fingerprint density at radius 3 is 2.90 bits per heavy atom. The van der Waals surface area contributed by atoms with Gasteiger partial charge in [0.2, 0.25) is 5.88 Å². The summed E-state index contributed by atoms with van der Waals surface area (Å²) >= 11 is 1.53. The maximum Gasteiger partial charge on any atom is 0.215 e. The van der Waals surface area contributed by atoms with Crippen molar-refractivity contribution in [1.82, 2.24) is 19.9 Å². The van der Waals surface area contributed by atoms with Gasteiger partial charge in [0.1, 0.15) is 10.7 Å². The van der Waals surface area contributed by atoms with Gasteiger partial charge in [-0.05, 0) is 19.9 Å². The number of H-pyrrole nitrogens is 1. The number of hydrogen-bond acceptors (Lipinski definition) is 6. The maximum atomic E-state index is 5.82. The fraction of sp³-hybridized carbons (Fsp3) is 0.308. The van der Waals surface area contributed by atoms with E-state index >= 15 is 0 Å². The molecule has 1 atom stereocenters. The smallest absolute Gasteiger partial charge is 0.215 e. The first kappa shape index (κ1) is 13.0. The molecule has 6 nitrogen and oxygen atoms in total. The molecular formula is C13H15N5OS. The topological polar surface area (TPSA) is 89.7 Å². The summed E-state index contributed by atoms with van der Waals surface area (Å²) in [5, 5.41) is 2.84. The Kier molecular flexibility index (Phi) is 3.37. The zero-order valence-corrected chi connectivity index (χ0v) is 12.1. The molecule has 0 spiro atoms. The van der Waals surface area contributed by atoms with E-state index in [9.17, 15) is 0 Å². The van der Waals surface area contributed by atoms with Gasteiger partial charge >= 0.3 is 0 Å². The van der Waals surface area contributed by atoms with Crippen LogP contribution in [-0.4, -0.2) is 26.5 Å². The van der Waals surface area contributed by atoms with Gasteiger partial charge in [0.15, 0.2) is 11.5 Å². The summed E-state index contributed by atoms with van der Waals surface area (Å²) in [6, 6.07) is 3.66. The highest BCUT2D eigenvalue weighted by atomic mass is 32.1. The fourth-order valence-corrected chi connectivity index (χ4v) is 2.59. The molecule has 0 radical (unpaired) electrons. The standard InChI is InChI=1S/C13H15N5OS/c1-3-19-10-5-4-8-11(17-10)18-12(15-8)9-6-20-13(16-9)7(2)14/h4-7H,3,14H2,1-2H3,(H,15,17,18). The first-order valence-electron chi connectivity index (χ1n) is 6.38. The normalized spacial score (nSPS) is 12.8. The molecule has 0 aliphatic heterocycles. The molecule has 20 heavy (non-hydrogen) atoms. The third-order valence-electron chi connectivity index (χ3n) is 2.77. The van der Waals surface area contributed by atoms with Gasteiger partial charge in [-0.25, -0.2) is 9.97 Å². The summed E-state index contributed by atoms with van der Waals surface area (Å²) in [6.07, 6.45) is 0. The first-order valence-corrected chi connectivity index (χ1v) is 7.26. The van der Waals surface area contributed by atoms with Gasteiger partial charge in [0.05, 0.1) is 18.2 Å². The molecule has 0 aromatic carbocycles. The number of rotatable bonds is 4. The Balaban J connectivity index is 1.99. The average molecular weight is 289 g/mol. The van der Waals surface area contributed by atoms with E-state index in [4.69, 9.17) is 10.5 Å². The van der Waals surface area contributed by atoms with Gasteiger partial charge in [0.25, 0.3) is 0 Å². The van der Waals surface area contributed by atoms with Gasteiger partial charge in [-0.2, -0.15) is 4.98 Å². The molecule has 0 fully saturated rings. The zero-order valence-electron chi connectivity index (χ0n) is 11.3. The zero-order chi connectivity index (χ0) is 14.1. The number of nitrogens with two attached hydrogens (primary N) is 1. The minimum Gasteiger partial charge on any atom is -0.478 e. The minimum absolute atomic E-state index is 0.0687. The summed E-state index contributed by atoms with van der Waals surface area (Å²) in [5.41, 5.74) is 8.10. The molecule has 0 aliphatic rings. The van der Waals surface area contributed by atoms with Crippen molar-refractivity contribution in [2.45, 2.75) is 19.9 Å². The predicted molar refractivity (Wildman–Crippen MR) is 78.8 cm³/mol. The molecule has 0 saturated heterocycles. The molecule has 0 saturated carbocycles. The molecule has 0 amide bonds. The second-order valence-electron chi connectivity index (χ2n) is 4.40. The molecule has 3 heterocycles. The van der Waals surface area contributed by atoms with E-state index in [0.29, 0.717) is 24.0 Å². The highest BCUT2D eigenvalue weighted by Gasteiger charge is 2.12. The summed E-state index contributed by atoms with van der Waals surface area (Å²) < 4.78 is 5.37. The lowest BCUT2D eigenvalue weighted by atomic mass is 10.4. The fourth-order valence-electron chi connectivity index (χ4n) is 1.83. The molecule has 0 aliphatic carbocycles. The highest BCUT2D eigenvalue weighted by molar-refractivity contribution is 7.10. The lowest BCUT2D eigenvalue weighted by Gasteiger charge is -1.99. The van der Waals surface area contributed by atoms with Crippen LogP contribution in [-0.2, 0) is 0 Å². The third kappa shape index (κ3) is 2.37. The number of pyridine rings is 1. The Bertz CT molecular complexity index is 733. The van der Waals surface area contributed by atoms with Crippen LogP contribution in [0.15, 0.2) is 17.5 Å². The summed E-state index contributed by atoms with van der Waals surface area (Å²) in [4.78, 5) is 16.5. The van der Waals surface area contributed by atoms with Crippen molar-refractivity contribution < 1.29 is 4.74 Å². The number of imidazole rings is 1. The van der Waals surface area contributed by atoms with Crippen LogP contribution >= 0.6 is 11.3 Å². The molecule has 3 N–H and O–H groups in total. The van der Waals surface area contributed by atoms with Crippen LogP contribution in [0.1, 0.15) is 24.9 Å². The van der Waals surface area contributed by atoms with Crippen LogP contribution in [0.3, 0.4) is 0 Å². The van der Waals surface area contributed by atoms with Gasteiger partial charge in [-0.1, -0.05) is 0 Å². The van der Waals surface area contributed by atoms with Crippen molar-refractivity contribution in [3.8, 4) is 17.4 Å². The van der Waals surface area contributed by atoms with Crippen molar-refractivity contribution in [3.05, 3.63) is 22.5 Å². The Morgan fingerprint density at radius 1 is 1.35 bits per heavy atom. The van der Waals surface area contributed by atoms with Gasteiger partial charge < -0.3 is 15.5 Å². The van der Waals surface area contributed by atoms with Crippen molar-refractivity contribution in [3.63, 3.8) is 0 Å². The lowest BCUT2D eigenvalue weighted by molar-refractivity contribution is 0.328. The molecule has 104 valence electrons. The molecular weight excluding hydrogens is 274 g/mol. The third-order valence-corrected chi connectivity index (χ3v) is 3.81. The van der Waals surface area contributed by atoms with Crippen molar-refractivity contribution >= 4 is 22.5 Å². The second-order valence-corrected chi connectivity index (χ2v) is 5.29. The van der Waals surface area contributed by atoms with E-state index in [-0.39, 0.29) is 6.04 Å². The van der Waals surface area contributed by atoms with E-state index in [0.717, 1.165) is 16.2 Å². The second kappa shape index (κ2) is 5.18. The number of aromatic nitrogens is 4. The molecule has 0 bridgehead atoms. The van der Waals surface area contributed by atoms with E-state index in [2.05, 4.69) is 19.9 Å². The Hall–Kier alpha value is -1.99. The van der Waals surface area contributed by atoms with Gasteiger partial charge in [0, 0.05) is 11.4 Å². The van der Waals surface area contributed by atoms with Crippen LogP contribution < -0.4 is 10.5 Å². The van der Waals surface area contributed by atoms with E-state index in [1.807, 2.05) is 31.4 Å². The van der Waals surface area contributed by atoms with Crippen LogP contribution in [0.25, 0.3) is 22.7 Å². The average Bonchev–Trinajstić information content (AvgIpc) is 3.05. The molecule has 7 heteroatoms. The van der Waals surface area contributed by atoms with E-state index in [1.165, 1.54) is 11.3 Å². The first-order chi connectivity index (χ1) is 9.67. The Labute approximate surface area is 120 Å². The Morgan fingerprint density at radius 2 is 2.20 bits per heavy atom. The number of fused-ring (bicyclic) bond motifs is 1. The number of thiazole rings is 1. The summed E-state index contributed by atoms with van der Waals surface area (Å²) in [7, 11) is 0. The lowest BCUT2D eigenvalue weighted by Crippen LogP contribution is -2.03. The molecule has 3 aromatic heterocycles. The van der Waals surface area contributed by atoms with Crippen molar-refractivity contribution in [2.75, 3.05) is 6.61 Å². The highest BCUT2D eigenvalue weighted by Crippen LogP contribution is 2.24. The number of hydrogen-bond donors (Lipinski definition) is 2. The quantitative estimate of drug-likeness (QED) is 0.770. The van der Waals surface area contributed by atoms with Crippen LogP contribution in [0, 0.1) is 0 Å². The molecule has 3 aromatic rings. The molecule has 3 rings (SSSR count). The van der Waals surface area contributed by atoms with E-state index < -0.39 is 0 Å². The molecule has 1 unspecified atom stereocenters. The maximum absolute atomic E-state index is 5.82. The SMILES string of the molecule is CCOc1ccc2[nH]c(-c3csc(C(C)N)n3)nc2n1. The summed E-state index contributed by atoms with van der Waals surface area (Å²) in [6.45, 7) is 4.42. The van der Waals surface area contributed by atoms with Gasteiger partial charge in [-0.15, -0.1) is 11.3 Å². The number of nitrogens with zero attached hydrogens (tertiary/aromatic N) is 3. The number of ether oxygens (including phenoxy) is 1. The predicted octanol–water partition coefficient (Wildman–Crippen LogP) is 2.50. The monoisotopic (exact) mass is 289 g/mol. The van der Waals surface area contributed by atoms with Crippen LogP contribution in [0.2, 0.25) is 0 Å². The summed E-state index contributed by atoms with van der Waals surface area (Å²) in [5.74, 6) is 1.27. The van der Waals surface area contributed by atoms with Crippen LogP contribution in [0.5, 0.6) is 5.88 Å². The number of aromatic amines is 1.